The Labute approximate surface area is 84.6 Å². The minimum Gasteiger partial charge on any atom is -0.315 e. The molecular weight excluding hydrogens is 200 g/mol. The summed E-state index contributed by atoms with van der Waals surface area (Å²) < 4.78 is 15.9. The lowest BCUT2D eigenvalue weighted by Crippen LogP contribution is -2.55. The van der Waals surface area contributed by atoms with Crippen molar-refractivity contribution in [2.45, 2.75) is 19.8 Å². The van der Waals surface area contributed by atoms with Crippen molar-refractivity contribution in [3.05, 3.63) is 0 Å². The number of hydrogen-bond donors (Lipinski definition) is 1. The third-order valence-corrected chi connectivity index (χ3v) is 5.32. The highest BCUT2D eigenvalue weighted by atomic mass is 32.2. The molecule has 0 aromatic rings. The lowest BCUT2D eigenvalue weighted by molar-refractivity contribution is -0.128. The summed E-state index contributed by atoms with van der Waals surface area (Å²) in [7, 11) is -2.16. The second-order valence-electron chi connectivity index (χ2n) is 4.45. The van der Waals surface area contributed by atoms with Crippen LogP contribution < -0.4 is 5.32 Å². The first kappa shape index (κ1) is 10.1. The van der Waals surface area contributed by atoms with E-state index in [9.17, 15) is 9.00 Å². The molecule has 2 fully saturated rings. The number of rotatable bonds is 1. The molecule has 14 heavy (non-hydrogen) atoms. The fraction of sp³-hybridized carbons (Fsp3) is 0.889. The standard InChI is InChI=1S/C9H16N2O2S/c1-9(6-10-7-9)8(12)11-14(13)4-2-3-5-14/h10H,2-7H2,1H3. The molecule has 2 aliphatic rings. The minimum absolute atomic E-state index is 0.164. The molecular formula is C9H16N2O2S. The normalized spacial score (nSPS) is 28.1. The van der Waals surface area contributed by atoms with E-state index < -0.39 is 9.73 Å². The van der Waals surface area contributed by atoms with Crippen molar-refractivity contribution in [1.29, 1.82) is 0 Å². The molecule has 5 heteroatoms. The number of nitrogens with zero attached hydrogens (tertiary/aromatic N) is 1. The number of amides is 1. The zero-order valence-corrected chi connectivity index (χ0v) is 9.23. The molecule has 2 aliphatic heterocycles. The van der Waals surface area contributed by atoms with Crippen molar-refractivity contribution >= 4 is 15.6 Å². The average Bonchev–Trinajstić information content (AvgIpc) is 2.47. The van der Waals surface area contributed by atoms with Crippen LogP contribution in [0.1, 0.15) is 19.8 Å². The lowest BCUT2D eigenvalue weighted by atomic mass is 9.84. The average molecular weight is 216 g/mol. The third kappa shape index (κ3) is 1.70. The molecule has 0 saturated carbocycles. The van der Waals surface area contributed by atoms with E-state index in [-0.39, 0.29) is 11.3 Å². The Morgan fingerprint density at radius 3 is 2.36 bits per heavy atom. The predicted octanol–water partition coefficient (Wildman–Crippen LogP) is 0.384. The Bertz CT molecular complexity index is 353. The summed E-state index contributed by atoms with van der Waals surface area (Å²) in [5.74, 6) is 1.06. The fourth-order valence-electron chi connectivity index (χ4n) is 1.76. The summed E-state index contributed by atoms with van der Waals surface area (Å²) in [4.78, 5) is 11.7. The SMILES string of the molecule is CC1(C(=O)N=S2(=O)CCCC2)CNC1. The summed E-state index contributed by atoms with van der Waals surface area (Å²) in [6.07, 6.45) is 1.90. The van der Waals surface area contributed by atoms with Crippen molar-refractivity contribution in [2.75, 3.05) is 24.6 Å². The molecule has 0 spiro atoms. The van der Waals surface area contributed by atoms with E-state index in [1.807, 2.05) is 6.92 Å². The zero-order chi connectivity index (χ0) is 10.2. The minimum atomic E-state index is -2.16. The van der Waals surface area contributed by atoms with Gasteiger partial charge in [-0.2, -0.15) is 4.36 Å². The fourth-order valence-corrected chi connectivity index (χ4v) is 3.98. The molecule has 4 nitrogen and oxygen atoms in total. The molecule has 0 bridgehead atoms. The number of nitrogens with one attached hydrogen (secondary N) is 1. The highest BCUT2D eigenvalue weighted by molar-refractivity contribution is 7.94. The largest absolute Gasteiger partial charge is 0.315 e. The van der Waals surface area contributed by atoms with Gasteiger partial charge in [0.2, 0.25) is 0 Å². The van der Waals surface area contributed by atoms with Gasteiger partial charge in [-0.3, -0.25) is 4.79 Å². The Kier molecular flexibility index (Phi) is 2.39. The summed E-state index contributed by atoms with van der Waals surface area (Å²) in [6.45, 7) is 3.22. The van der Waals surface area contributed by atoms with Crippen molar-refractivity contribution in [3.8, 4) is 0 Å². The maximum absolute atomic E-state index is 12.0. The number of carbonyl (C=O) groups excluding carboxylic acids is 1. The van der Waals surface area contributed by atoms with Gasteiger partial charge in [0.15, 0.2) is 0 Å². The Morgan fingerprint density at radius 2 is 1.93 bits per heavy atom. The van der Waals surface area contributed by atoms with Gasteiger partial charge in [-0.15, -0.1) is 0 Å². The van der Waals surface area contributed by atoms with Crippen molar-refractivity contribution in [1.82, 2.24) is 5.32 Å². The van der Waals surface area contributed by atoms with Crippen LogP contribution in [0.4, 0.5) is 0 Å². The first-order valence-corrected chi connectivity index (χ1v) is 6.87. The lowest BCUT2D eigenvalue weighted by Gasteiger charge is -2.35. The highest BCUT2D eigenvalue weighted by Crippen LogP contribution is 2.25. The predicted molar refractivity (Wildman–Crippen MR) is 55.5 cm³/mol. The molecule has 0 unspecified atom stereocenters. The smallest absolute Gasteiger partial charge is 0.262 e. The van der Waals surface area contributed by atoms with E-state index in [0.29, 0.717) is 24.6 Å². The maximum Gasteiger partial charge on any atom is 0.262 e. The summed E-state index contributed by atoms with van der Waals surface area (Å²) in [5.41, 5.74) is -0.382. The molecule has 80 valence electrons. The first-order valence-electron chi connectivity index (χ1n) is 5.02. The number of carbonyl (C=O) groups is 1. The van der Waals surface area contributed by atoms with Gasteiger partial charge in [0.05, 0.1) is 15.1 Å². The monoisotopic (exact) mass is 216 g/mol. The van der Waals surface area contributed by atoms with Gasteiger partial charge in [0.25, 0.3) is 5.91 Å². The van der Waals surface area contributed by atoms with Gasteiger partial charge in [0.1, 0.15) is 0 Å². The molecule has 1 N–H and O–H groups in total. The van der Waals surface area contributed by atoms with Gasteiger partial charge in [-0.1, -0.05) is 0 Å². The Morgan fingerprint density at radius 1 is 1.36 bits per heavy atom. The summed E-state index contributed by atoms with van der Waals surface area (Å²) in [6, 6.07) is 0. The van der Waals surface area contributed by atoms with Gasteiger partial charge < -0.3 is 5.32 Å². The van der Waals surface area contributed by atoms with Gasteiger partial charge in [-0.05, 0) is 19.8 Å². The van der Waals surface area contributed by atoms with Gasteiger partial charge in [0, 0.05) is 24.6 Å². The molecule has 0 aromatic heterocycles. The molecule has 0 aliphatic carbocycles. The molecule has 2 heterocycles. The summed E-state index contributed by atoms with van der Waals surface area (Å²) in [5, 5.41) is 3.05. The Balaban J connectivity index is 2.17. The van der Waals surface area contributed by atoms with Crippen LogP contribution in [0.5, 0.6) is 0 Å². The van der Waals surface area contributed by atoms with E-state index in [0.717, 1.165) is 12.8 Å². The van der Waals surface area contributed by atoms with Crippen molar-refractivity contribution in [3.63, 3.8) is 0 Å². The first-order chi connectivity index (χ1) is 6.54. The van der Waals surface area contributed by atoms with Crippen LogP contribution in [0, 0.1) is 5.41 Å². The van der Waals surface area contributed by atoms with Crippen LogP contribution in [-0.2, 0) is 14.5 Å². The third-order valence-electron chi connectivity index (χ3n) is 2.97. The molecule has 0 radical (unpaired) electrons. The van der Waals surface area contributed by atoms with Gasteiger partial charge >= 0.3 is 0 Å². The van der Waals surface area contributed by atoms with Crippen LogP contribution in [-0.4, -0.2) is 34.7 Å². The quantitative estimate of drug-likeness (QED) is 0.689. The second kappa shape index (κ2) is 3.31. The molecule has 0 atom stereocenters. The van der Waals surface area contributed by atoms with E-state index in [2.05, 4.69) is 9.68 Å². The van der Waals surface area contributed by atoms with Gasteiger partial charge in [-0.25, -0.2) is 4.21 Å². The topological polar surface area (TPSA) is 58.5 Å². The maximum atomic E-state index is 12.0. The van der Waals surface area contributed by atoms with Crippen LogP contribution >= 0.6 is 0 Å². The molecule has 1 amide bonds. The molecule has 2 saturated heterocycles. The molecule has 0 aromatic carbocycles. The van der Waals surface area contributed by atoms with Crippen LogP contribution in [0.2, 0.25) is 0 Å². The van der Waals surface area contributed by atoms with Crippen molar-refractivity contribution in [2.24, 2.45) is 9.78 Å². The second-order valence-corrected chi connectivity index (χ2v) is 6.99. The van der Waals surface area contributed by atoms with E-state index in [1.165, 1.54) is 0 Å². The van der Waals surface area contributed by atoms with Crippen LogP contribution in [0.3, 0.4) is 0 Å². The number of hydrogen-bond acceptors (Lipinski definition) is 3. The summed E-state index contributed by atoms with van der Waals surface area (Å²) >= 11 is 0. The van der Waals surface area contributed by atoms with E-state index in [1.54, 1.807) is 0 Å². The van der Waals surface area contributed by atoms with Crippen LogP contribution in [0.25, 0.3) is 0 Å². The van der Waals surface area contributed by atoms with E-state index in [4.69, 9.17) is 0 Å². The van der Waals surface area contributed by atoms with E-state index >= 15 is 0 Å². The zero-order valence-electron chi connectivity index (χ0n) is 8.41. The highest BCUT2D eigenvalue weighted by Gasteiger charge is 2.40. The van der Waals surface area contributed by atoms with Crippen LogP contribution in [0.15, 0.2) is 4.36 Å². The van der Waals surface area contributed by atoms with Crippen molar-refractivity contribution < 1.29 is 9.00 Å². The molecule has 2 rings (SSSR count). The Hall–Kier alpha value is -0.420.